The summed E-state index contributed by atoms with van der Waals surface area (Å²) in [6.07, 6.45) is 3.91. The fourth-order valence-corrected chi connectivity index (χ4v) is 5.82. The Balaban J connectivity index is 1.22. The molecule has 2 aliphatic rings. The van der Waals surface area contributed by atoms with Crippen LogP contribution in [0.4, 0.5) is 5.69 Å². The molecule has 184 valence electrons. The molecule has 2 amide bonds. The molecular formula is C26H26N6O3S. The number of thiazole rings is 1. The van der Waals surface area contributed by atoms with Crippen LogP contribution in [0.15, 0.2) is 54.2 Å². The molecule has 6 rings (SSSR count). The van der Waals surface area contributed by atoms with E-state index < -0.39 is 0 Å². The maximum atomic E-state index is 13.2. The Hall–Kier alpha value is -3.76. The zero-order valence-electron chi connectivity index (χ0n) is 19.9. The van der Waals surface area contributed by atoms with E-state index in [9.17, 15) is 9.59 Å². The van der Waals surface area contributed by atoms with Crippen LogP contribution in [0.1, 0.15) is 16.2 Å². The second-order valence-electron chi connectivity index (χ2n) is 9.06. The summed E-state index contributed by atoms with van der Waals surface area (Å²) in [4.78, 5) is 36.0. The third-order valence-corrected chi connectivity index (χ3v) is 7.84. The number of anilines is 1. The molecular weight excluding hydrogens is 476 g/mol. The van der Waals surface area contributed by atoms with Gasteiger partial charge in [-0.25, -0.2) is 4.98 Å². The van der Waals surface area contributed by atoms with E-state index in [1.165, 1.54) is 11.3 Å². The van der Waals surface area contributed by atoms with E-state index in [0.29, 0.717) is 31.1 Å². The standard InChI is InChI=1S/C26H26N6O3S/c1-35-22-5-3-2-4-20(22)21-13-18(12-17-15-28-29-24(17)21)32-16-19(14-23(32)33)30-7-9-31(10-8-30)26(34)25-27-6-11-36-25/h2-6,11-13,15,19H,7-10,14,16H2,1H3,(H,28,29). The number of aromatic nitrogens is 3. The third kappa shape index (κ3) is 4.02. The van der Waals surface area contributed by atoms with Gasteiger partial charge in [-0.3, -0.25) is 19.6 Å². The lowest BCUT2D eigenvalue weighted by atomic mass is 10.0. The van der Waals surface area contributed by atoms with E-state index in [-0.39, 0.29) is 17.9 Å². The van der Waals surface area contributed by atoms with Gasteiger partial charge in [-0.05, 0) is 18.2 Å². The molecule has 0 bridgehead atoms. The zero-order valence-corrected chi connectivity index (χ0v) is 20.7. The molecule has 1 N–H and O–H groups in total. The molecule has 0 spiro atoms. The molecule has 1 unspecified atom stereocenters. The van der Waals surface area contributed by atoms with Crippen molar-refractivity contribution in [3.8, 4) is 16.9 Å². The number of H-pyrrole nitrogens is 1. The van der Waals surface area contributed by atoms with Crippen molar-refractivity contribution < 1.29 is 14.3 Å². The number of carbonyl (C=O) groups is 2. The largest absolute Gasteiger partial charge is 0.496 e. The first-order chi connectivity index (χ1) is 17.6. The number of hydrogen-bond donors (Lipinski definition) is 1. The molecule has 2 fully saturated rings. The summed E-state index contributed by atoms with van der Waals surface area (Å²) in [6.45, 7) is 3.39. The number of piperazine rings is 1. The summed E-state index contributed by atoms with van der Waals surface area (Å²) in [6, 6.07) is 12.0. The molecule has 0 radical (unpaired) electrons. The van der Waals surface area contributed by atoms with Gasteiger partial charge in [0, 0.05) is 79.0 Å². The Bertz CT molecular complexity index is 1410. The van der Waals surface area contributed by atoms with Gasteiger partial charge >= 0.3 is 0 Å². The number of carbonyl (C=O) groups excluding carboxylic acids is 2. The van der Waals surface area contributed by atoms with Gasteiger partial charge in [0.05, 0.1) is 18.8 Å². The van der Waals surface area contributed by atoms with Gasteiger partial charge in [-0.15, -0.1) is 11.3 Å². The molecule has 9 nitrogen and oxygen atoms in total. The van der Waals surface area contributed by atoms with Crippen LogP contribution in [-0.2, 0) is 4.79 Å². The predicted octanol–water partition coefficient (Wildman–Crippen LogP) is 3.26. The average Bonchev–Trinajstić information content (AvgIpc) is 3.69. The van der Waals surface area contributed by atoms with Crippen molar-refractivity contribution in [2.75, 3.05) is 44.7 Å². The lowest BCUT2D eigenvalue weighted by Gasteiger charge is -2.37. The number of methoxy groups -OCH3 is 1. The summed E-state index contributed by atoms with van der Waals surface area (Å²) in [5.41, 5.74) is 3.66. The van der Waals surface area contributed by atoms with Crippen LogP contribution in [0.3, 0.4) is 0 Å². The normalized spacial score (nSPS) is 18.8. The van der Waals surface area contributed by atoms with E-state index in [2.05, 4.69) is 20.1 Å². The number of benzene rings is 2. The Morgan fingerprint density at radius 3 is 2.75 bits per heavy atom. The lowest BCUT2D eigenvalue weighted by molar-refractivity contribution is -0.117. The maximum Gasteiger partial charge on any atom is 0.282 e. The van der Waals surface area contributed by atoms with Crippen LogP contribution in [0.2, 0.25) is 0 Å². The Labute approximate surface area is 212 Å². The van der Waals surface area contributed by atoms with Crippen LogP contribution >= 0.6 is 11.3 Å². The predicted molar refractivity (Wildman–Crippen MR) is 138 cm³/mol. The van der Waals surface area contributed by atoms with Crippen molar-refractivity contribution in [2.24, 2.45) is 0 Å². The number of ether oxygens (including phenoxy) is 1. The van der Waals surface area contributed by atoms with Crippen LogP contribution in [-0.4, -0.2) is 82.7 Å². The number of rotatable bonds is 5. The first-order valence-corrected chi connectivity index (χ1v) is 12.8. The highest BCUT2D eigenvalue weighted by Crippen LogP contribution is 2.38. The molecule has 0 saturated carbocycles. The minimum Gasteiger partial charge on any atom is -0.496 e. The lowest BCUT2D eigenvalue weighted by Crippen LogP contribution is -2.52. The van der Waals surface area contributed by atoms with E-state index in [1.807, 2.05) is 51.6 Å². The monoisotopic (exact) mass is 502 g/mol. The second-order valence-corrected chi connectivity index (χ2v) is 9.95. The van der Waals surface area contributed by atoms with Gasteiger partial charge in [-0.1, -0.05) is 18.2 Å². The summed E-state index contributed by atoms with van der Waals surface area (Å²) < 4.78 is 5.60. The number of hydrogen-bond acceptors (Lipinski definition) is 7. The van der Waals surface area contributed by atoms with Gasteiger partial charge in [0.25, 0.3) is 5.91 Å². The number of aromatic amines is 1. The Morgan fingerprint density at radius 1 is 1.14 bits per heavy atom. The minimum absolute atomic E-state index is 0.00828. The molecule has 36 heavy (non-hydrogen) atoms. The number of nitrogens with zero attached hydrogens (tertiary/aromatic N) is 5. The molecule has 10 heteroatoms. The molecule has 2 saturated heterocycles. The molecule has 2 aromatic carbocycles. The van der Waals surface area contributed by atoms with Crippen molar-refractivity contribution in [2.45, 2.75) is 12.5 Å². The van der Waals surface area contributed by atoms with Gasteiger partial charge in [0.15, 0.2) is 5.01 Å². The molecule has 0 aliphatic carbocycles. The fraction of sp³-hybridized carbons (Fsp3) is 0.308. The Kier molecular flexibility index (Phi) is 5.90. The van der Waals surface area contributed by atoms with E-state index in [0.717, 1.165) is 46.6 Å². The average molecular weight is 503 g/mol. The first-order valence-electron chi connectivity index (χ1n) is 12.0. The topological polar surface area (TPSA) is 94.7 Å². The second kappa shape index (κ2) is 9.36. The van der Waals surface area contributed by atoms with Crippen molar-refractivity contribution >= 4 is 39.7 Å². The fourth-order valence-electron chi connectivity index (χ4n) is 5.21. The van der Waals surface area contributed by atoms with Crippen LogP contribution in [0.25, 0.3) is 22.0 Å². The van der Waals surface area contributed by atoms with Crippen molar-refractivity contribution in [3.63, 3.8) is 0 Å². The Morgan fingerprint density at radius 2 is 1.97 bits per heavy atom. The van der Waals surface area contributed by atoms with Crippen LogP contribution in [0, 0.1) is 0 Å². The zero-order chi connectivity index (χ0) is 24.6. The number of fused-ring (bicyclic) bond motifs is 1. The van der Waals surface area contributed by atoms with Gasteiger partial charge < -0.3 is 14.5 Å². The quantitative estimate of drug-likeness (QED) is 0.450. The van der Waals surface area contributed by atoms with Gasteiger partial charge in [0.1, 0.15) is 5.75 Å². The van der Waals surface area contributed by atoms with Crippen molar-refractivity contribution in [1.82, 2.24) is 25.0 Å². The summed E-state index contributed by atoms with van der Waals surface area (Å²) in [7, 11) is 1.66. The summed E-state index contributed by atoms with van der Waals surface area (Å²) in [5, 5.41) is 10.6. The highest BCUT2D eigenvalue weighted by atomic mass is 32.1. The molecule has 4 aromatic rings. The van der Waals surface area contributed by atoms with Gasteiger partial charge in [0.2, 0.25) is 5.91 Å². The number of amides is 2. The number of nitrogens with one attached hydrogen (secondary N) is 1. The minimum atomic E-state index is -0.00828. The molecule has 2 aromatic heterocycles. The van der Waals surface area contributed by atoms with E-state index in [4.69, 9.17) is 4.74 Å². The number of para-hydroxylation sites is 1. The molecule has 4 heterocycles. The first kappa shape index (κ1) is 22.7. The molecule has 1 atom stereocenters. The molecule has 2 aliphatic heterocycles. The summed E-state index contributed by atoms with van der Waals surface area (Å²) in [5.74, 6) is 0.863. The highest BCUT2D eigenvalue weighted by molar-refractivity contribution is 7.11. The van der Waals surface area contributed by atoms with Crippen LogP contribution < -0.4 is 9.64 Å². The third-order valence-electron chi connectivity index (χ3n) is 7.08. The van der Waals surface area contributed by atoms with Gasteiger partial charge in [-0.2, -0.15) is 5.10 Å². The van der Waals surface area contributed by atoms with Crippen LogP contribution in [0.5, 0.6) is 5.75 Å². The van der Waals surface area contributed by atoms with E-state index in [1.54, 1.807) is 19.5 Å². The van der Waals surface area contributed by atoms with Crippen molar-refractivity contribution in [3.05, 3.63) is 59.2 Å². The van der Waals surface area contributed by atoms with E-state index >= 15 is 0 Å². The summed E-state index contributed by atoms with van der Waals surface area (Å²) >= 11 is 1.37. The smallest absolute Gasteiger partial charge is 0.282 e. The SMILES string of the molecule is COc1ccccc1-c1cc(N2CC(N3CCN(C(=O)c4nccs4)CC3)CC2=O)cc2cn[nH]c12. The van der Waals surface area contributed by atoms with Crippen molar-refractivity contribution in [1.29, 1.82) is 0 Å². The maximum absolute atomic E-state index is 13.2. The highest BCUT2D eigenvalue weighted by Gasteiger charge is 2.36.